The SMILES string of the molecule is CCOC(=O)c1c(C)[nH]c(C(=O)OCCOc2ccc(C)cc2)c1C. The van der Waals surface area contributed by atoms with E-state index in [4.69, 9.17) is 14.2 Å². The Morgan fingerprint density at radius 3 is 2.28 bits per heavy atom. The molecule has 25 heavy (non-hydrogen) atoms. The van der Waals surface area contributed by atoms with Crippen LogP contribution in [0.25, 0.3) is 0 Å². The Labute approximate surface area is 147 Å². The highest BCUT2D eigenvalue weighted by atomic mass is 16.6. The van der Waals surface area contributed by atoms with Crippen molar-refractivity contribution in [3.63, 3.8) is 0 Å². The van der Waals surface area contributed by atoms with E-state index in [-0.39, 0.29) is 25.5 Å². The molecule has 0 saturated carbocycles. The fourth-order valence-electron chi connectivity index (χ4n) is 2.46. The highest BCUT2D eigenvalue weighted by Gasteiger charge is 2.23. The normalized spacial score (nSPS) is 10.4. The Kier molecular flexibility index (Phi) is 6.22. The van der Waals surface area contributed by atoms with Crippen LogP contribution < -0.4 is 4.74 Å². The van der Waals surface area contributed by atoms with E-state index >= 15 is 0 Å². The smallest absolute Gasteiger partial charge is 0.355 e. The number of nitrogens with one attached hydrogen (secondary N) is 1. The minimum Gasteiger partial charge on any atom is -0.490 e. The standard InChI is InChI=1S/C19H23NO5/c1-5-23-18(21)16-13(3)17(20-14(16)4)19(22)25-11-10-24-15-8-6-12(2)7-9-15/h6-9,20H,5,10-11H2,1-4H3. The maximum absolute atomic E-state index is 12.2. The highest BCUT2D eigenvalue weighted by molar-refractivity contribution is 5.98. The minimum absolute atomic E-state index is 0.110. The zero-order chi connectivity index (χ0) is 18.4. The Balaban J connectivity index is 1.91. The van der Waals surface area contributed by atoms with Crippen LogP contribution in [-0.4, -0.2) is 36.7 Å². The number of rotatable bonds is 7. The van der Waals surface area contributed by atoms with Gasteiger partial charge in [0, 0.05) is 5.69 Å². The second-order valence-corrected chi connectivity index (χ2v) is 5.64. The molecule has 2 aromatic rings. The van der Waals surface area contributed by atoms with E-state index in [0.717, 1.165) is 11.3 Å². The van der Waals surface area contributed by atoms with E-state index in [9.17, 15) is 9.59 Å². The van der Waals surface area contributed by atoms with Crippen molar-refractivity contribution >= 4 is 11.9 Å². The number of aromatic amines is 1. The minimum atomic E-state index is -0.524. The van der Waals surface area contributed by atoms with Gasteiger partial charge in [-0.1, -0.05) is 17.7 Å². The van der Waals surface area contributed by atoms with E-state index in [2.05, 4.69) is 4.98 Å². The first-order chi connectivity index (χ1) is 11.9. The lowest BCUT2D eigenvalue weighted by molar-refractivity contribution is 0.0443. The summed E-state index contributed by atoms with van der Waals surface area (Å²) in [6.07, 6.45) is 0. The second-order valence-electron chi connectivity index (χ2n) is 5.64. The van der Waals surface area contributed by atoms with Gasteiger partial charge in [-0.15, -0.1) is 0 Å². The summed E-state index contributed by atoms with van der Waals surface area (Å²) in [6.45, 7) is 7.77. The fourth-order valence-corrected chi connectivity index (χ4v) is 2.46. The summed E-state index contributed by atoms with van der Waals surface area (Å²) < 4.78 is 15.7. The average Bonchev–Trinajstić information content (AvgIpc) is 2.88. The zero-order valence-electron chi connectivity index (χ0n) is 15.0. The molecule has 1 aromatic heterocycles. The molecule has 1 N–H and O–H groups in total. The van der Waals surface area contributed by atoms with Gasteiger partial charge in [-0.05, 0) is 45.4 Å². The lowest BCUT2D eigenvalue weighted by Gasteiger charge is -2.07. The molecule has 134 valence electrons. The summed E-state index contributed by atoms with van der Waals surface area (Å²) in [5.41, 5.74) is 2.90. The number of hydrogen-bond donors (Lipinski definition) is 1. The highest BCUT2D eigenvalue weighted by Crippen LogP contribution is 2.20. The molecule has 6 nitrogen and oxygen atoms in total. The molecule has 0 aliphatic rings. The van der Waals surface area contributed by atoms with E-state index in [1.165, 1.54) is 0 Å². The van der Waals surface area contributed by atoms with Crippen LogP contribution in [-0.2, 0) is 9.47 Å². The molecular weight excluding hydrogens is 322 g/mol. The first-order valence-electron chi connectivity index (χ1n) is 8.17. The predicted octanol–water partition coefficient (Wildman–Crippen LogP) is 3.35. The lowest BCUT2D eigenvalue weighted by Crippen LogP contribution is -2.14. The van der Waals surface area contributed by atoms with Crippen LogP contribution in [0.3, 0.4) is 0 Å². The molecule has 0 aliphatic carbocycles. The van der Waals surface area contributed by atoms with Gasteiger partial charge in [0.25, 0.3) is 0 Å². The molecule has 0 aliphatic heterocycles. The van der Waals surface area contributed by atoms with Gasteiger partial charge in [0.1, 0.15) is 24.7 Å². The number of carbonyl (C=O) groups is 2. The average molecular weight is 345 g/mol. The number of ether oxygens (including phenoxy) is 3. The van der Waals surface area contributed by atoms with Crippen molar-refractivity contribution in [1.82, 2.24) is 4.98 Å². The van der Waals surface area contributed by atoms with E-state index in [1.807, 2.05) is 31.2 Å². The maximum atomic E-state index is 12.2. The quantitative estimate of drug-likeness (QED) is 0.615. The van der Waals surface area contributed by atoms with Crippen molar-refractivity contribution in [3.8, 4) is 5.75 Å². The first-order valence-corrected chi connectivity index (χ1v) is 8.17. The number of esters is 2. The number of benzene rings is 1. The van der Waals surface area contributed by atoms with Gasteiger partial charge in [0.2, 0.25) is 0 Å². The molecule has 0 amide bonds. The largest absolute Gasteiger partial charge is 0.490 e. The molecular formula is C19H23NO5. The van der Waals surface area contributed by atoms with Crippen LogP contribution in [0.5, 0.6) is 5.75 Å². The third kappa shape index (κ3) is 4.62. The Hall–Kier alpha value is -2.76. The van der Waals surface area contributed by atoms with Gasteiger partial charge in [0.15, 0.2) is 0 Å². The van der Waals surface area contributed by atoms with Crippen LogP contribution in [0, 0.1) is 20.8 Å². The first kappa shape index (κ1) is 18.6. The van der Waals surface area contributed by atoms with E-state index in [0.29, 0.717) is 16.8 Å². The summed E-state index contributed by atoms with van der Waals surface area (Å²) in [6, 6.07) is 7.62. The number of aryl methyl sites for hydroxylation is 2. The molecule has 1 aromatic carbocycles. The van der Waals surface area contributed by atoms with Gasteiger partial charge in [-0.2, -0.15) is 0 Å². The molecule has 1 heterocycles. The monoisotopic (exact) mass is 345 g/mol. The topological polar surface area (TPSA) is 77.6 Å². The second kappa shape index (κ2) is 8.37. The van der Waals surface area contributed by atoms with Gasteiger partial charge in [0.05, 0.1) is 12.2 Å². The fraction of sp³-hybridized carbons (Fsp3) is 0.368. The number of carbonyl (C=O) groups excluding carboxylic acids is 2. The molecule has 0 saturated heterocycles. The van der Waals surface area contributed by atoms with E-state index in [1.54, 1.807) is 20.8 Å². The summed E-state index contributed by atoms with van der Waals surface area (Å²) in [5, 5.41) is 0. The van der Waals surface area contributed by atoms with Crippen molar-refractivity contribution < 1.29 is 23.8 Å². The third-order valence-electron chi connectivity index (χ3n) is 3.73. The summed E-state index contributed by atoms with van der Waals surface area (Å²) in [5.74, 6) is -0.252. The molecule has 2 rings (SSSR count). The molecule has 0 bridgehead atoms. The molecule has 0 spiro atoms. The maximum Gasteiger partial charge on any atom is 0.355 e. The Morgan fingerprint density at radius 1 is 0.960 bits per heavy atom. The Morgan fingerprint density at radius 2 is 1.64 bits per heavy atom. The molecule has 0 fully saturated rings. The number of hydrogen-bond acceptors (Lipinski definition) is 5. The molecule has 6 heteroatoms. The molecule has 0 atom stereocenters. The van der Waals surface area contributed by atoms with Crippen LogP contribution in [0.1, 0.15) is 44.6 Å². The molecule has 0 unspecified atom stereocenters. The van der Waals surface area contributed by atoms with Crippen molar-refractivity contribution in [3.05, 3.63) is 52.3 Å². The summed E-state index contributed by atoms with van der Waals surface area (Å²) >= 11 is 0. The van der Waals surface area contributed by atoms with Crippen molar-refractivity contribution in [2.75, 3.05) is 19.8 Å². The van der Waals surface area contributed by atoms with Crippen LogP contribution in [0.2, 0.25) is 0 Å². The van der Waals surface area contributed by atoms with Crippen molar-refractivity contribution in [2.24, 2.45) is 0 Å². The zero-order valence-corrected chi connectivity index (χ0v) is 15.0. The van der Waals surface area contributed by atoms with Crippen molar-refractivity contribution in [1.29, 1.82) is 0 Å². The summed E-state index contributed by atoms with van der Waals surface area (Å²) in [7, 11) is 0. The van der Waals surface area contributed by atoms with Gasteiger partial charge in [-0.3, -0.25) is 0 Å². The van der Waals surface area contributed by atoms with Crippen LogP contribution in [0.15, 0.2) is 24.3 Å². The van der Waals surface area contributed by atoms with Crippen molar-refractivity contribution in [2.45, 2.75) is 27.7 Å². The van der Waals surface area contributed by atoms with Crippen LogP contribution >= 0.6 is 0 Å². The number of H-pyrrole nitrogens is 1. The third-order valence-corrected chi connectivity index (χ3v) is 3.73. The van der Waals surface area contributed by atoms with Gasteiger partial charge in [-0.25, -0.2) is 9.59 Å². The van der Waals surface area contributed by atoms with Gasteiger partial charge >= 0.3 is 11.9 Å². The predicted molar refractivity (Wildman–Crippen MR) is 93.2 cm³/mol. The lowest BCUT2D eigenvalue weighted by atomic mass is 10.1. The van der Waals surface area contributed by atoms with E-state index < -0.39 is 11.9 Å². The van der Waals surface area contributed by atoms with Crippen LogP contribution in [0.4, 0.5) is 0 Å². The molecule has 0 radical (unpaired) electrons. The van der Waals surface area contributed by atoms with Gasteiger partial charge < -0.3 is 19.2 Å². The summed E-state index contributed by atoms with van der Waals surface area (Å²) in [4.78, 5) is 27.1. The Bertz CT molecular complexity index is 746. The number of aromatic nitrogens is 1.